The third kappa shape index (κ3) is 5.02. The number of carbonyl (C=O) groups excluding carboxylic acids is 2. The molecule has 0 aliphatic rings. The first-order chi connectivity index (χ1) is 11.0. The molecule has 0 aliphatic carbocycles. The van der Waals surface area contributed by atoms with Crippen molar-refractivity contribution in [2.45, 2.75) is 33.2 Å². The molecule has 0 saturated heterocycles. The van der Waals surface area contributed by atoms with Crippen molar-refractivity contribution < 1.29 is 14.0 Å². The maximum atomic E-state index is 12.8. The zero-order valence-electron chi connectivity index (χ0n) is 13.4. The molecule has 0 radical (unpaired) electrons. The number of halogens is 1. The van der Waals surface area contributed by atoms with E-state index in [0.29, 0.717) is 12.1 Å². The van der Waals surface area contributed by atoms with Gasteiger partial charge in [0.2, 0.25) is 5.91 Å². The predicted molar refractivity (Wildman–Crippen MR) is 87.7 cm³/mol. The summed E-state index contributed by atoms with van der Waals surface area (Å²) in [4.78, 5) is 24.0. The van der Waals surface area contributed by atoms with Gasteiger partial charge in [0.25, 0.3) is 0 Å². The Hall–Kier alpha value is -2.49. The molecule has 1 amide bonds. The average molecular weight is 313 g/mol. The van der Waals surface area contributed by atoms with Gasteiger partial charge in [0.15, 0.2) is 5.78 Å². The Bertz CT molecular complexity index is 708. The molecule has 0 aliphatic heterocycles. The Morgan fingerprint density at radius 1 is 1.00 bits per heavy atom. The summed E-state index contributed by atoms with van der Waals surface area (Å²) < 4.78 is 12.8. The summed E-state index contributed by atoms with van der Waals surface area (Å²) in [5.41, 5.74) is 3.45. The number of aryl methyl sites for hydroxylation is 2. The smallest absolute Gasteiger partial charge is 0.220 e. The fourth-order valence-electron chi connectivity index (χ4n) is 2.29. The largest absolute Gasteiger partial charge is 0.352 e. The fourth-order valence-corrected chi connectivity index (χ4v) is 2.29. The number of ketones is 1. The van der Waals surface area contributed by atoms with Crippen molar-refractivity contribution in [2.24, 2.45) is 0 Å². The third-order valence-electron chi connectivity index (χ3n) is 3.68. The highest BCUT2D eigenvalue weighted by molar-refractivity contribution is 5.99. The molecule has 2 aromatic rings. The van der Waals surface area contributed by atoms with Gasteiger partial charge in [0, 0.05) is 24.9 Å². The van der Waals surface area contributed by atoms with Crippen LogP contribution in [0.4, 0.5) is 4.39 Å². The van der Waals surface area contributed by atoms with E-state index < -0.39 is 0 Å². The number of amides is 1. The molecular formula is C19H20FNO2. The van der Waals surface area contributed by atoms with Gasteiger partial charge < -0.3 is 5.32 Å². The second-order valence-electron chi connectivity index (χ2n) is 5.64. The molecule has 1 N–H and O–H groups in total. The van der Waals surface area contributed by atoms with Crippen LogP contribution in [-0.4, -0.2) is 11.7 Å². The lowest BCUT2D eigenvalue weighted by atomic mass is 9.99. The van der Waals surface area contributed by atoms with Gasteiger partial charge in [0.05, 0.1) is 0 Å². The maximum absolute atomic E-state index is 12.8. The average Bonchev–Trinajstić information content (AvgIpc) is 2.54. The SMILES string of the molecule is Cc1ccc(C)c(C(=O)CCC(=O)NCc2ccc(F)cc2)c1. The number of Topliss-reactive ketones (excluding diaryl/α,β-unsaturated/α-hetero) is 1. The third-order valence-corrected chi connectivity index (χ3v) is 3.68. The highest BCUT2D eigenvalue weighted by Crippen LogP contribution is 2.14. The molecule has 4 heteroatoms. The minimum absolute atomic E-state index is 0.0249. The molecule has 3 nitrogen and oxygen atoms in total. The summed E-state index contributed by atoms with van der Waals surface area (Å²) in [6.07, 6.45) is 0.326. The van der Waals surface area contributed by atoms with E-state index in [0.717, 1.165) is 16.7 Å². The highest BCUT2D eigenvalue weighted by atomic mass is 19.1. The summed E-state index contributed by atoms with van der Waals surface area (Å²) >= 11 is 0. The molecule has 0 aromatic heterocycles. The first-order valence-electron chi connectivity index (χ1n) is 7.57. The number of rotatable bonds is 6. The van der Waals surface area contributed by atoms with Gasteiger partial charge in [-0.2, -0.15) is 0 Å². The van der Waals surface area contributed by atoms with Gasteiger partial charge >= 0.3 is 0 Å². The lowest BCUT2D eigenvalue weighted by molar-refractivity contribution is -0.121. The van der Waals surface area contributed by atoms with Crippen molar-refractivity contribution in [3.63, 3.8) is 0 Å². The Labute approximate surface area is 135 Å². The van der Waals surface area contributed by atoms with Crippen LogP contribution in [0.2, 0.25) is 0 Å². The van der Waals surface area contributed by atoms with Crippen LogP contribution in [0.15, 0.2) is 42.5 Å². The number of nitrogens with one attached hydrogen (secondary N) is 1. The van der Waals surface area contributed by atoms with E-state index in [4.69, 9.17) is 0 Å². The van der Waals surface area contributed by atoms with Crippen LogP contribution in [0, 0.1) is 19.7 Å². The van der Waals surface area contributed by atoms with E-state index in [1.807, 2.05) is 32.0 Å². The Kier molecular flexibility index (Phi) is 5.63. The van der Waals surface area contributed by atoms with Crippen LogP contribution in [0.3, 0.4) is 0 Å². The van der Waals surface area contributed by atoms with Crippen molar-refractivity contribution in [1.82, 2.24) is 5.32 Å². The zero-order chi connectivity index (χ0) is 16.8. The molecule has 0 spiro atoms. The van der Waals surface area contributed by atoms with Gasteiger partial charge in [0.1, 0.15) is 5.82 Å². The maximum Gasteiger partial charge on any atom is 0.220 e. The van der Waals surface area contributed by atoms with Gasteiger partial charge in [-0.1, -0.05) is 29.8 Å². The second-order valence-corrected chi connectivity index (χ2v) is 5.64. The molecule has 0 fully saturated rings. The second kappa shape index (κ2) is 7.68. The highest BCUT2D eigenvalue weighted by Gasteiger charge is 2.11. The summed E-state index contributed by atoms with van der Waals surface area (Å²) in [6, 6.07) is 11.7. The molecule has 0 bridgehead atoms. The summed E-state index contributed by atoms with van der Waals surface area (Å²) in [7, 11) is 0. The van der Waals surface area contributed by atoms with E-state index in [9.17, 15) is 14.0 Å². The van der Waals surface area contributed by atoms with Crippen LogP contribution in [-0.2, 0) is 11.3 Å². The van der Waals surface area contributed by atoms with E-state index in [2.05, 4.69) is 5.32 Å². The number of hydrogen-bond acceptors (Lipinski definition) is 2. The van der Waals surface area contributed by atoms with Crippen LogP contribution in [0.25, 0.3) is 0 Å². The van der Waals surface area contributed by atoms with Gasteiger partial charge in [-0.25, -0.2) is 4.39 Å². The van der Waals surface area contributed by atoms with Crippen molar-refractivity contribution in [3.05, 3.63) is 70.5 Å². The molecule has 23 heavy (non-hydrogen) atoms. The van der Waals surface area contributed by atoms with E-state index in [1.54, 1.807) is 12.1 Å². The number of hydrogen-bond donors (Lipinski definition) is 1. The normalized spacial score (nSPS) is 10.4. The molecular weight excluding hydrogens is 293 g/mol. The van der Waals surface area contributed by atoms with E-state index in [1.165, 1.54) is 12.1 Å². The molecule has 0 saturated carbocycles. The Balaban J connectivity index is 1.83. The minimum Gasteiger partial charge on any atom is -0.352 e. The molecule has 2 aromatic carbocycles. The molecule has 0 unspecified atom stereocenters. The zero-order valence-corrected chi connectivity index (χ0v) is 13.4. The summed E-state index contributed by atoms with van der Waals surface area (Å²) in [5, 5.41) is 2.74. The first-order valence-corrected chi connectivity index (χ1v) is 7.57. The first kappa shape index (κ1) is 16.9. The van der Waals surface area contributed by atoms with Crippen molar-refractivity contribution >= 4 is 11.7 Å². The number of benzene rings is 2. The molecule has 0 heterocycles. The van der Waals surface area contributed by atoms with Crippen LogP contribution < -0.4 is 5.32 Å². The quantitative estimate of drug-likeness (QED) is 0.826. The summed E-state index contributed by atoms with van der Waals surface area (Å²) in [6.45, 7) is 4.16. The van der Waals surface area contributed by atoms with Gasteiger partial charge in [-0.05, 0) is 43.2 Å². The topological polar surface area (TPSA) is 46.2 Å². The van der Waals surface area contributed by atoms with Crippen LogP contribution in [0.5, 0.6) is 0 Å². The predicted octanol–water partition coefficient (Wildman–Crippen LogP) is 3.72. The molecule has 0 atom stereocenters. The number of carbonyl (C=O) groups is 2. The van der Waals surface area contributed by atoms with Gasteiger partial charge in [-0.15, -0.1) is 0 Å². The lowest BCUT2D eigenvalue weighted by Crippen LogP contribution is -2.23. The van der Waals surface area contributed by atoms with E-state index in [-0.39, 0.29) is 30.3 Å². The lowest BCUT2D eigenvalue weighted by Gasteiger charge is -2.07. The van der Waals surface area contributed by atoms with Crippen LogP contribution in [0.1, 0.15) is 39.9 Å². The molecule has 120 valence electrons. The standard InChI is InChI=1S/C19H20FNO2/c1-13-3-4-14(2)17(11-13)18(22)9-10-19(23)21-12-15-5-7-16(20)8-6-15/h3-8,11H,9-10,12H2,1-2H3,(H,21,23). The Morgan fingerprint density at radius 2 is 1.70 bits per heavy atom. The fraction of sp³-hybridized carbons (Fsp3) is 0.263. The van der Waals surface area contributed by atoms with E-state index >= 15 is 0 Å². The van der Waals surface area contributed by atoms with Crippen molar-refractivity contribution in [2.75, 3.05) is 0 Å². The Morgan fingerprint density at radius 3 is 2.39 bits per heavy atom. The minimum atomic E-state index is -0.306. The van der Waals surface area contributed by atoms with Crippen molar-refractivity contribution in [3.8, 4) is 0 Å². The monoisotopic (exact) mass is 313 g/mol. The van der Waals surface area contributed by atoms with Crippen LogP contribution >= 0.6 is 0 Å². The summed E-state index contributed by atoms with van der Waals surface area (Å²) in [5.74, 6) is -0.518. The van der Waals surface area contributed by atoms with Crippen molar-refractivity contribution in [1.29, 1.82) is 0 Å². The molecule has 2 rings (SSSR count). The van der Waals surface area contributed by atoms with Gasteiger partial charge in [-0.3, -0.25) is 9.59 Å².